The average molecular weight is 252 g/mol. The summed E-state index contributed by atoms with van der Waals surface area (Å²) in [4.78, 5) is 14.1. The zero-order valence-electron chi connectivity index (χ0n) is 10.3. The lowest BCUT2D eigenvalue weighted by molar-refractivity contribution is 0.0944. The number of piperidine rings is 1. The molecule has 1 aliphatic heterocycles. The van der Waals surface area contributed by atoms with Gasteiger partial charge in [0, 0.05) is 30.6 Å². The zero-order chi connectivity index (χ0) is 12.1. The first kappa shape index (κ1) is 12.6. The Morgan fingerprint density at radius 2 is 2.53 bits per heavy atom. The van der Waals surface area contributed by atoms with Crippen LogP contribution in [0.4, 0.5) is 0 Å². The van der Waals surface area contributed by atoms with E-state index in [0.29, 0.717) is 0 Å². The van der Waals surface area contributed by atoms with E-state index in [-0.39, 0.29) is 5.91 Å². The quantitative estimate of drug-likeness (QED) is 0.891. The molecule has 17 heavy (non-hydrogen) atoms. The third-order valence-corrected chi connectivity index (χ3v) is 3.92. The molecule has 0 saturated carbocycles. The van der Waals surface area contributed by atoms with E-state index in [9.17, 15) is 4.79 Å². The summed E-state index contributed by atoms with van der Waals surface area (Å²) in [6, 6.07) is 1.86. The Balaban J connectivity index is 1.67. The molecular weight excluding hydrogens is 232 g/mol. The van der Waals surface area contributed by atoms with Crippen molar-refractivity contribution < 1.29 is 4.79 Å². The van der Waals surface area contributed by atoms with E-state index in [2.05, 4.69) is 17.1 Å². The van der Waals surface area contributed by atoms with Crippen molar-refractivity contribution in [3.63, 3.8) is 0 Å². The molecule has 1 aromatic heterocycles. The van der Waals surface area contributed by atoms with Crippen LogP contribution >= 0.6 is 11.3 Å². The molecular formula is C13H20N2OS. The van der Waals surface area contributed by atoms with Crippen LogP contribution in [0.1, 0.15) is 30.1 Å². The number of nitrogens with one attached hydrogen (secondary N) is 1. The van der Waals surface area contributed by atoms with Crippen molar-refractivity contribution >= 4 is 17.2 Å². The van der Waals surface area contributed by atoms with Crippen molar-refractivity contribution in [1.29, 1.82) is 0 Å². The number of carbonyl (C=O) groups excluding carboxylic acids is 1. The SMILES string of the molecule is C[C@@H]1CCCN(CCNC(=O)c2ccsc2)C1. The van der Waals surface area contributed by atoms with E-state index >= 15 is 0 Å². The van der Waals surface area contributed by atoms with Gasteiger partial charge in [-0.05, 0) is 36.8 Å². The number of nitrogens with zero attached hydrogens (tertiary/aromatic N) is 1. The van der Waals surface area contributed by atoms with Gasteiger partial charge < -0.3 is 10.2 Å². The van der Waals surface area contributed by atoms with Crippen molar-refractivity contribution in [2.45, 2.75) is 19.8 Å². The van der Waals surface area contributed by atoms with Crippen LogP contribution in [0.2, 0.25) is 0 Å². The number of rotatable bonds is 4. The Morgan fingerprint density at radius 1 is 1.65 bits per heavy atom. The second-order valence-electron chi connectivity index (χ2n) is 4.82. The fraction of sp³-hybridized carbons (Fsp3) is 0.615. The summed E-state index contributed by atoms with van der Waals surface area (Å²) < 4.78 is 0. The van der Waals surface area contributed by atoms with Crippen LogP contribution in [0.5, 0.6) is 0 Å². The highest BCUT2D eigenvalue weighted by molar-refractivity contribution is 7.08. The number of amides is 1. The minimum atomic E-state index is 0.0521. The van der Waals surface area contributed by atoms with Gasteiger partial charge in [0.15, 0.2) is 0 Å². The molecule has 0 spiro atoms. The van der Waals surface area contributed by atoms with Gasteiger partial charge in [0.05, 0.1) is 0 Å². The molecule has 94 valence electrons. The lowest BCUT2D eigenvalue weighted by Crippen LogP contribution is -2.40. The van der Waals surface area contributed by atoms with Crippen molar-refractivity contribution in [2.75, 3.05) is 26.2 Å². The van der Waals surface area contributed by atoms with E-state index < -0.39 is 0 Å². The van der Waals surface area contributed by atoms with Crippen molar-refractivity contribution in [2.24, 2.45) is 5.92 Å². The Kier molecular flexibility index (Phi) is 4.57. The monoisotopic (exact) mass is 252 g/mol. The second kappa shape index (κ2) is 6.17. The summed E-state index contributed by atoms with van der Waals surface area (Å²) in [7, 11) is 0. The molecule has 0 aliphatic carbocycles. The molecule has 1 N–H and O–H groups in total. The Hall–Kier alpha value is -0.870. The molecule has 1 amide bonds. The van der Waals surface area contributed by atoms with Crippen LogP contribution in [0.3, 0.4) is 0 Å². The summed E-state index contributed by atoms with van der Waals surface area (Å²) in [5.41, 5.74) is 0.780. The average Bonchev–Trinajstić information content (AvgIpc) is 2.82. The molecule has 4 heteroatoms. The predicted octanol–water partition coefficient (Wildman–Crippen LogP) is 2.21. The van der Waals surface area contributed by atoms with Gasteiger partial charge in [0.1, 0.15) is 0 Å². The maximum Gasteiger partial charge on any atom is 0.252 e. The third-order valence-electron chi connectivity index (χ3n) is 3.24. The van der Waals surface area contributed by atoms with Gasteiger partial charge in [-0.2, -0.15) is 11.3 Å². The lowest BCUT2D eigenvalue weighted by atomic mass is 10.0. The maximum absolute atomic E-state index is 11.7. The van der Waals surface area contributed by atoms with E-state index in [1.807, 2.05) is 16.8 Å². The molecule has 1 saturated heterocycles. The minimum absolute atomic E-state index is 0.0521. The van der Waals surface area contributed by atoms with Crippen molar-refractivity contribution in [3.05, 3.63) is 22.4 Å². The smallest absolute Gasteiger partial charge is 0.252 e. The van der Waals surface area contributed by atoms with Crippen LogP contribution in [-0.4, -0.2) is 37.0 Å². The highest BCUT2D eigenvalue weighted by Crippen LogP contribution is 2.14. The van der Waals surface area contributed by atoms with Gasteiger partial charge in [-0.15, -0.1) is 0 Å². The standard InChI is InChI=1S/C13H20N2OS/c1-11-3-2-6-15(9-11)7-5-14-13(16)12-4-8-17-10-12/h4,8,10-11H,2-3,5-7,9H2,1H3,(H,14,16)/t11-/m1/s1. The molecule has 0 bridgehead atoms. The first-order chi connectivity index (χ1) is 8.25. The first-order valence-electron chi connectivity index (χ1n) is 6.28. The number of carbonyl (C=O) groups is 1. The van der Waals surface area contributed by atoms with Gasteiger partial charge in [-0.3, -0.25) is 4.79 Å². The Morgan fingerprint density at radius 3 is 3.24 bits per heavy atom. The third kappa shape index (κ3) is 3.82. The molecule has 1 atom stereocenters. The first-order valence-corrected chi connectivity index (χ1v) is 7.23. The number of hydrogen-bond acceptors (Lipinski definition) is 3. The van der Waals surface area contributed by atoms with Crippen LogP contribution in [-0.2, 0) is 0 Å². The summed E-state index contributed by atoms with van der Waals surface area (Å²) in [5.74, 6) is 0.854. The fourth-order valence-electron chi connectivity index (χ4n) is 2.31. The highest BCUT2D eigenvalue weighted by Gasteiger charge is 2.15. The molecule has 2 rings (SSSR count). The normalized spacial score (nSPS) is 21.4. The van der Waals surface area contributed by atoms with Crippen molar-refractivity contribution in [1.82, 2.24) is 10.2 Å². The zero-order valence-corrected chi connectivity index (χ0v) is 11.1. The number of hydrogen-bond donors (Lipinski definition) is 1. The highest BCUT2D eigenvalue weighted by atomic mass is 32.1. The van der Waals surface area contributed by atoms with E-state index in [0.717, 1.165) is 24.6 Å². The summed E-state index contributed by atoms with van der Waals surface area (Å²) >= 11 is 1.56. The molecule has 1 aromatic rings. The molecule has 1 fully saturated rings. The van der Waals surface area contributed by atoms with Gasteiger partial charge in [0.2, 0.25) is 0 Å². The predicted molar refractivity (Wildman–Crippen MR) is 71.5 cm³/mol. The molecule has 0 aromatic carbocycles. The van der Waals surface area contributed by atoms with E-state index in [4.69, 9.17) is 0 Å². The summed E-state index contributed by atoms with van der Waals surface area (Å²) in [6.45, 7) is 6.38. The summed E-state index contributed by atoms with van der Waals surface area (Å²) in [5, 5.41) is 6.79. The Bertz CT molecular complexity index is 350. The van der Waals surface area contributed by atoms with Gasteiger partial charge >= 0.3 is 0 Å². The van der Waals surface area contributed by atoms with Gasteiger partial charge in [0.25, 0.3) is 5.91 Å². The fourth-order valence-corrected chi connectivity index (χ4v) is 2.95. The lowest BCUT2D eigenvalue weighted by Gasteiger charge is -2.30. The van der Waals surface area contributed by atoms with Crippen LogP contribution in [0.25, 0.3) is 0 Å². The van der Waals surface area contributed by atoms with Crippen LogP contribution < -0.4 is 5.32 Å². The number of thiophene rings is 1. The molecule has 1 aliphatic rings. The summed E-state index contributed by atoms with van der Waals surface area (Å²) in [6.07, 6.45) is 2.64. The maximum atomic E-state index is 11.7. The minimum Gasteiger partial charge on any atom is -0.351 e. The van der Waals surface area contributed by atoms with Gasteiger partial charge in [-0.25, -0.2) is 0 Å². The molecule has 3 nitrogen and oxygen atoms in total. The number of likely N-dealkylation sites (tertiary alicyclic amines) is 1. The van der Waals surface area contributed by atoms with Crippen LogP contribution in [0, 0.1) is 5.92 Å². The largest absolute Gasteiger partial charge is 0.351 e. The Labute approximate surface area is 107 Å². The van der Waals surface area contributed by atoms with E-state index in [1.165, 1.54) is 25.9 Å². The molecule has 0 radical (unpaired) electrons. The van der Waals surface area contributed by atoms with Gasteiger partial charge in [-0.1, -0.05) is 6.92 Å². The van der Waals surface area contributed by atoms with Crippen LogP contribution in [0.15, 0.2) is 16.8 Å². The topological polar surface area (TPSA) is 32.3 Å². The molecule has 2 heterocycles. The second-order valence-corrected chi connectivity index (χ2v) is 5.60. The van der Waals surface area contributed by atoms with E-state index in [1.54, 1.807) is 11.3 Å². The molecule has 0 unspecified atom stereocenters. The van der Waals surface area contributed by atoms with Crippen molar-refractivity contribution in [3.8, 4) is 0 Å².